The zero-order valence-electron chi connectivity index (χ0n) is 17.9. The fraction of sp³-hybridized carbons (Fsp3) is 0.435. The van der Waals surface area contributed by atoms with Crippen LogP contribution in [0.15, 0.2) is 36.4 Å². The third kappa shape index (κ3) is 4.97. The second kappa shape index (κ2) is 8.83. The van der Waals surface area contributed by atoms with Crippen LogP contribution in [0, 0.1) is 0 Å². The second-order valence-corrected chi connectivity index (χ2v) is 8.48. The van der Waals surface area contributed by atoms with Crippen molar-refractivity contribution in [3.05, 3.63) is 47.5 Å². The van der Waals surface area contributed by atoms with Gasteiger partial charge < -0.3 is 14.9 Å². The molecule has 0 saturated carbocycles. The molecule has 0 bridgehead atoms. The van der Waals surface area contributed by atoms with Crippen LogP contribution in [0.1, 0.15) is 51.7 Å². The standard InChI is InChI=1S/C23H29N3O4/c1-5-16(27)14-30-21(28)11-10-15-12-17(23(2,3)4)22(29)20(13-15)26-24-18-8-6-7-9-19(18)25-26/h6-9,12-13,16,27,29H,5,10-11,14H2,1-4H3. The van der Waals surface area contributed by atoms with Gasteiger partial charge >= 0.3 is 5.97 Å². The van der Waals surface area contributed by atoms with Crippen LogP contribution < -0.4 is 0 Å². The number of aromatic hydroxyl groups is 1. The number of carbonyl (C=O) groups excluding carboxylic acids is 1. The molecule has 0 aliphatic heterocycles. The number of hydrogen-bond donors (Lipinski definition) is 2. The number of carbonyl (C=O) groups is 1. The van der Waals surface area contributed by atoms with Crippen molar-refractivity contribution in [1.29, 1.82) is 0 Å². The van der Waals surface area contributed by atoms with Crippen molar-refractivity contribution < 1.29 is 19.7 Å². The van der Waals surface area contributed by atoms with Crippen LogP contribution in [-0.2, 0) is 21.4 Å². The number of aliphatic hydroxyl groups excluding tert-OH is 1. The van der Waals surface area contributed by atoms with Crippen LogP contribution in [-0.4, -0.2) is 43.9 Å². The molecule has 3 aromatic rings. The van der Waals surface area contributed by atoms with Gasteiger partial charge in [0, 0.05) is 12.0 Å². The Balaban J connectivity index is 1.90. The van der Waals surface area contributed by atoms with Gasteiger partial charge in [0.25, 0.3) is 0 Å². The Hall–Kier alpha value is -2.93. The van der Waals surface area contributed by atoms with E-state index in [2.05, 4.69) is 10.2 Å². The number of hydrogen-bond acceptors (Lipinski definition) is 6. The zero-order valence-corrected chi connectivity index (χ0v) is 17.9. The van der Waals surface area contributed by atoms with E-state index in [-0.39, 0.29) is 30.2 Å². The van der Waals surface area contributed by atoms with Gasteiger partial charge in [0.05, 0.1) is 6.10 Å². The first-order valence-corrected chi connectivity index (χ1v) is 10.2. The van der Waals surface area contributed by atoms with E-state index in [1.807, 2.05) is 58.0 Å². The van der Waals surface area contributed by atoms with E-state index in [9.17, 15) is 15.0 Å². The molecule has 1 heterocycles. The van der Waals surface area contributed by atoms with Crippen molar-refractivity contribution in [3.63, 3.8) is 0 Å². The number of aromatic nitrogens is 3. The Labute approximate surface area is 176 Å². The minimum absolute atomic E-state index is 0.00714. The van der Waals surface area contributed by atoms with Gasteiger partial charge in [0.15, 0.2) is 0 Å². The van der Waals surface area contributed by atoms with E-state index in [0.717, 1.165) is 22.2 Å². The van der Waals surface area contributed by atoms with Crippen molar-refractivity contribution in [2.24, 2.45) is 0 Å². The minimum Gasteiger partial charge on any atom is -0.505 e. The fourth-order valence-corrected chi connectivity index (χ4v) is 3.14. The first kappa shape index (κ1) is 21.8. The molecule has 0 saturated heterocycles. The molecule has 3 rings (SSSR count). The molecule has 0 fully saturated rings. The average Bonchev–Trinajstić information content (AvgIpc) is 3.14. The third-order valence-electron chi connectivity index (χ3n) is 4.99. The van der Waals surface area contributed by atoms with Crippen LogP contribution >= 0.6 is 0 Å². The smallest absolute Gasteiger partial charge is 0.306 e. The Kier molecular flexibility index (Phi) is 6.41. The SMILES string of the molecule is CCC(O)COC(=O)CCc1cc(-n2nc3ccccc3n2)c(O)c(C(C)(C)C)c1. The van der Waals surface area contributed by atoms with Crippen molar-refractivity contribution in [3.8, 4) is 11.4 Å². The van der Waals surface area contributed by atoms with Crippen LogP contribution in [0.25, 0.3) is 16.7 Å². The summed E-state index contributed by atoms with van der Waals surface area (Å²) in [6, 6.07) is 11.2. The number of ether oxygens (including phenoxy) is 1. The number of fused-ring (bicyclic) bond motifs is 1. The molecule has 2 aromatic carbocycles. The van der Waals surface area contributed by atoms with E-state index in [0.29, 0.717) is 18.5 Å². The summed E-state index contributed by atoms with van der Waals surface area (Å²) in [4.78, 5) is 13.5. The summed E-state index contributed by atoms with van der Waals surface area (Å²) in [6.07, 6.45) is 0.521. The highest BCUT2D eigenvalue weighted by Gasteiger charge is 2.23. The predicted molar refractivity (Wildman–Crippen MR) is 115 cm³/mol. The molecule has 1 aromatic heterocycles. The Morgan fingerprint density at radius 2 is 1.80 bits per heavy atom. The molecule has 30 heavy (non-hydrogen) atoms. The summed E-state index contributed by atoms with van der Waals surface area (Å²) in [5.41, 5.74) is 3.26. The van der Waals surface area contributed by atoms with Gasteiger partial charge in [-0.15, -0.1) is 15.0 Å². The average molecular weight is 412 g/mol. The van der Waals surface area contributed by atoms with Gasteiger partial charge in [-0.05, 0) is 42.0 Å². The lowest BCUT2D eigenvalue weighted by atomic mass is 9.84. The van der Waals surface area contributed by atoms with Gasteiger partial charge in [0.2, 0.25) is 0 Å². The Morgan fingerprint density at radius 3 is 2.37 bits per heavy atom. The molecule has 0 spiro atoms. The van der Waals surface area contributed by atoms with Crippen molar-refractivity contribution in [2.75, 3.05) is 6.61 Å². The summed E-state index contributed by atoms with van der Waals surface area (Å²) >= 11 is 0. The molecular formula is C23H29N3O4. The second-order valence-electron chi connectivity index (χ2n) is 8.48. The molecule has 7 nitrogen and oxygen atoms in total. The molecule has 0 radical (unpaired) electrons. The number of phenolic OH excluding ortho intramolecular Hbond substituents is 1. The highest BCUT2D eigenvalue weighted by Crippen LogP contribution is 2.36. The number of rotatable bonds is 7. The highest BCUT2D eigenvalue weighted by molar-refractivity contribution is 5.74. The molecule has 2 N–H and O–H groups in total. The lowest BCUT2D eigenvalue weighted by Crippen LogP contribution is -2.18. The molecule has 160 valence electrons. The molecule has 0 aliphatic carbocycles. The van der Waals surface area contributed by atoms with E-state index < -0.39 is 6.10 Å². The number of aryl methyl sites for hydroxylation is 1. The maximum atomic E-state index is 12.0. The van der Waals surface area contributed by atoms with Crippen LogP contribution in [0.5, 0.6) is 5.75 Å². The normalized spacial score (nSPS) is 12.8. The van der Waals surface area contributed by atoms with Gasteiger partial charge in [0.1, 0.15) is 29.1 Å². The lowest BCUT2D eigenvalue weighted by molar-refractivity contribution is -0.146. The largest absolute Gasteiger partial charge is 0.505 e. The van der Waals surface area contributed by atoms with E-state index in [4.69, 9.17) is 4.74 Å². The number of phenols is 1. The van der Waals surface area contributed by atoms with Gasteiger partial charge in [-0.1, -0.05) is 45.9 Å². The highest BCUT2D eigenvalue weighted by atomic mass is 16.5. The van der Waals surface area contributed by atoms with E-state index >= 15 is 0 Å². The van der Waals surface area contributed by atoms with Crippen molar-refractivity contribution in [1.82, 2.24) is 15.0 Å². The third-order valence-corrected chi connectivity index (χ3v) is 4.99. The summed E-state index contributed by atoms with van der Waals surface area (Å²) in [5, 5.41) is 29.5. The summed E-state index contributed by atoms with van der Waals surface area (Å²) in [7, 11) is 0. The van der Waals surface area contributed by atoms with Crippen LogP contribution in [0.2, 0.25) is 0 Å². The first-order chi connectivity index (χ1) is 14.2. The van der Waals surface area contributed by atoms with Gasteiger partial charge in [-0.3, -0.25) is 4.79 Å². The summed E-state index contributed by atoms with van der Waals surface area (Å²) < 4.78 is 5.12. The number of aliphatic hydroxyl groups is 1. The summed E-state index contributed by atoms with van der Waals surface area (Å²) in [5.74, 6) is -0.238. The van der Waals surface area contributed by atoms with Crippen LogP contribution in [0.4, 0.5) is 0 Å². The molecule has 1 atom stereocenters. The topological polar surface area (TPSA) is 97.5 Å². The lowest BCUT2D eigenvalue weighted by Gasteiger charge is -2.23. The molecule has 0 aliphatic rings. The number of esters is 1. The maximum Gasteiger partial charge on any atom is 0.306 e. The Morgan fingerprint density at radius 1 is 1.17 bits per heavy atom. The van der Waals surface area contributed by atoms with Crippen LogP contribution in [0.3, 0.4) is 0 Å². The Bertz CT molecular complexity index is 1000. The van der Waals surface area contributed by atoms with Gasteiger partial charge in [-0.25, -0.2) is 0 Å². The van der Waals surface area contributed by atoms with Crippen molar-refractivity contribution in [2.45, 2.75) is 58.5 Å². The van der Waals surface area contributed by atoms with Crippen molar-refractivity contribution >= 4 is 17.0 Å². The molecule has 1 unspecified atom stereocenters. The number of nitrogens with zero attached hydrogens (tertiary/aromatic N) is 3. The van der Waals surface area contributed by atoms with E-state index in [1.54, 1.807) is 6.07 Å². The zero-order chi connectivity index (χ0) is 21.9. The monoisotopic (exact) mass is 411 g/mol. The predicted octanol–water partition coefficient (Wildman–Crippen LogP) is 3.67. The molecule has 7 heteroatoms. The molecular weight excluding hydrogens is 382 g/mol. The number of benzene rings is 2. The first-order valence-electron chi connectivity index (χ1n) is 10.2. The maximum absolute atomic E-state index is 12.0. The quantitative estimate of drug-likeness (QED) is 0.576. The van der Waals surface area contributed by atoms with Gasteiger partial charge in [-0.2, -0.15) is 0 Å². The molecule has 0 amide bonds. The fourth-order valence-electron chi connectivity index (χ4n) is 3.14. The van der Waals surface area contributed by atoms with E-state index in [1.165, 1.54) is 4.80 Å². The summed E-state index contributed by atoms with van der Waals surface area (Å²) in [6.45, 7) is 7.89. The minimum atomic E-state index is -0.637.